The van der Waals surface area contributed by atoms with Gasteiger partial charge in [-0.25, -0.2) is 0 Å². The molecule has 110 valence electrons. The number of hydrogen-bond donors (Lipinski definition) is 0. The maximum atomic E-state index is 5.37. The van der Waals surface area contributed by atoms with Gasteiger partial charge in [-0.15, -0.1) is 11.3 Å². The van der Waals surface area contributed by atoms with E-state index in [1.807, 2.05) is 17.4 Å². The molecule has 0 atom stereocenters. The maximum absolute atomic E-state index is 5.37. The van der Waals surface area contributed by atoms with E-state index in [1.165, 1.54) is 41.7 Å². The molecule has 0 radical (unpaired) electrons. The largest absolute Gasteiger partial charge is 0.497 e. The van der Waals surface area contributed by atoms with Crippen LogP contribution in [0.3, 0.4) is 0 Å². The third kappa shape index (κ3) is 1.79. The highest BCUT2D eigenvalue weighted by Crippen LogP contribution is 2.41. The highest BCUT2D eigenvalue weighted by molar-refractivity contribution is 7.26. The summed E-state index contributed by atoms with van der Waals surface area (Å²) >= 11 is 1.85. The molecule has 1 nitrogen and oxygen atoms in total. The van der Waals surface area contributed by atoms with Crippen LogP contribution in [-0.4, -0.2) is 7.11 Å². The van der Waals surface area contributed by atoms with E-state index in [1.54, 1.807) is 7.11 Å². The first-order chi connectivity index (χ1) is 11.3. The highest BCUT2D eigenvalue weighted by atomic mass is 32.1. The minimum absolute atomic E-state index is 0.916. The van der Waals surface area contributed by atoms with Gasteiger partial charge in [-0.3, -0.25) is 0 Å². The Morgan fingerprint density at radius 2 is 1.43 bits per heavy atom. The van der Waals surface area contributed by atoms with E-state index in [2.05, 4.69) is 60.7 Å². The van der Waals surface area contributed by atoms with E-state index >= 15 is 0 Å². The van der Waals surface area contributed by atoms with Crippen LogP contribution >= 0.6 is 11.3 Å². The number of hydrogen-bond acceptors (Lipinski definition) is 2. The lowest BCUT2D eigenvalue weighted by molar-refractivity contribution is 0.415. The van der Waals surface area contributed by atoms with E-state index in [9.17, 15) is 0 Å². The second kappa shape index (κ2) is 4.71. The topological polar surface area (TPSA) is 9.23 Å². The Bertz CT molecular complexity index is 1200. The average Bonchev–Trinajstić information content (AvgIpc) is 2.99. The van der Waals surface area contributed by atoms with Gasteiger partial charge in [-0.2, -0.15) is 0 Å². The Kier molecular flexibility index (Phi) is 2.64. The summed E-state index contributed by atoms with van der Waals surface area (Å²) in [6.07, 6.45) is 0. The molecular formula is C21H14OS. The van der Waals surface area contributed by atoms with Gasteiger partial charge in [0.1, 0.15) is 5.75 Å². The van der Waals surface area contributed by atoms with Crippen LogP contribution in [0.5, 0.6) is 5.75 Å². The van der Waals surface area contributed by atoms with Gasteiger partial charge in [-0.1, -0.05) is 48.5 Å². The van der Waals surface area contributed by atoms with Crippen molar-refractivity contribution in [3.05, 3.63) is 66.7 Å². The number of thiophene rings is 1. The van der Waals surface area contributed by atoms with Crippen molar-refractivity contribution in [3.8, 4) is 5.75 Å². The third-order valence-electron chi connectivity index (χ3n) is 4.57. The molecule has 0 N–H and O–H groups in total. The van der Waals surface area contributed by atoms with Crippen molar-refractivity contribution >= 4 is 53.1 Å². The molecule has 5 rings (SSSR count). The first-order valence-corrected chi connectivity index (χ1v) is 8.47. The van der Waals surface area contributed by atoms with Gasteiger partial charge in [0.05, 0.1) is 7.11 Å². The van der Waals surface area contributed by atoms with Crippen LogP contribution in [0.25, 0.3) is 41.7 Å². The molecular weight excluding hydrogens is 300 g/mol. The van der Waals surface area contributed by atoms with E-state index in [0.29, 0.717) is 0 Å². The zero-order valence-electron chi connectivity index (χ0n) is 12.7. The summed E-state index contributed by atoms with van der Waals surface area (Å²) in [6.45, 7) is 0. The fourth-order valence-electron chi connectivity index (χ4n) is 3.43. The molecule has 0 unspecified atom stereocenters. The summed E-state index contributed by atoms with van der Waals surface area (Å²) in [5, 5.41) is 7.91. The minimum Gasteiger partial charge on any atom is -0.497 e. The van der Waals surface area contributed by atoms with Gasteiger partial charge in [0.25, 0.3) is 0 Å². The maximum Gasteiger partial charge on any atom is 0.120 e. The Morgan fingerprint density at radius 3 is 2.35 bits per heavy atom. The van der Waals surface area contributed by atoms with Crippen molar-refractivity contribution in [2.45, 2.75) is 0 Å². The van der Waals surface area contributed by atoms with Crippen LogP contribution in [0, 0.1) is 0 Å². The smallest absolute Gasteiger partial charge is 0.120 e. The average molecular weight is 314 g/mol. The third-order valence-corrected chi connectivity index (χ3v) is 5.77. The van der Waals surface area contributed by atoms with Crippen LogP contribution in [0.15, 0.2) is 66.7 Å². The number of methoxy groups -OCH3 is 1. The molecule has 5 aromatic rings. The fourth-order valence-corrected chi connectivity index (χ4v) is 4.69. The summed E-state index contributed by atoms with van der Waals surface area (Å²) < 4.78 is 8.01. The molecule has 0 saturated heterocycles. The lowest BCUT2D eigenvalue weighted by Gasteiger charge is -2.04. The number of ether oxygens (including phenoxy) is 1. The van der Waals surface area contributed by atoms with Crippen LogP contribution in [0.4, 0.5) is 0 Å². The molecule has 0 saturated carbocycles. The van der Waals surface area contributed by atoms with Gasteiger partial charge in [0.2, 0.25) is 0 Å². The van der Waals surface area contributed by atoms with E-state index in [0.717, 1.165) is 5.75 Å². The Labute approximate surface area is 137 Å². The Balaban J connectivity index is 1.97. The first kappa shape index (κ1) is 12.9. The lowest BCUT2D eigenvalue weighted by Crippen LogP contribution is -1.80. The molecule has 1 aromatic heterocycles. The summed E-state index contributed by atoms with van der Waals surface area (Å²) in [6, 6.07) is 23.9. The number of benzene rings is 4. The highest BCUT2D eigenvalue weighted by Gasteiger charge is 2.10. The molecule has 0 fully saturated rings. The molecule has 0 spiro atoms. The molecule has 23 heavy (non-hydrogen) atoms. The monoisotopic (exact) mass is 314 g/mol. The zero-order valence-corrected chi connectivity index (χ0v) is 13.5. The molecule has 4 aromatic carbocycles. The molecule has 0 amide bonds. The van der Waals surface area contributed by atoms with Gasteiger partial charge in [-0.05, 0) is 34.4 Å². The predicted octanol–water partition coefficient (Wildman–Crippen LogP) is 6.37. The van der Waals surface area contributed by atoms with Crippen LogP contribution in [0.2, 0.25) is 0 Å². The Hall–Kier alpha value is -2.58. The molecule has 0 bridgehead atoms. The minimum atomic E-state index is 0.916. The van der Waals surface area contributed by atoms with Crippen LogP contribution in [-0.2, 0) is 0 Å². The molecule has 0 aliphatic carbocycles. The Morgan fingerprint density at radius 1 is 0.696 bits per heavy atom. The van der Waals surface area contributed by atoms with Gasteiger partial charge >= 0.3 is 0 Å². The van der Waals surface area contributed by atoms with Crippen molar-refractivity contribution in [2.75, 3.05) is 7.11 Å². The van der Waals surface area contributed by atoms with Gasteiger partial charge < -0.3 is 4.74 Å². The van der Waals surface area contributed by atoms with Gasteiger partial charge in [0.15, 0.2) is 0 Å². The van der Waals surface area contributed by atoms with Crippen molar-refractivity contribution in [1.82, 2.24) is 0 Å². The van der Waals surface area contributed by atoms with Crippen molar-refractivity contribution in [1.29, 1.82) is 0 Å². The zero-order chi connectivity index (χ0) is 15.4. The molecule has 0 aliphatic rings. The number of fused-ring (bicyclic) bond motifs is 7. The second-order valence-corrected chi connectivity index (χ2v) is 6.84. The predicted molar refractivity (Wildman–Crippen MR) is 101 cm³/mol. The van der Waals surface area contributed by atoms with Crippen molar-refractivity contribution in [2.24, 2.45) is 0 Å². The van der Waals surface area contributed by atoms with E-state index in [-0.39, 0.29) is 0 Å². The van der Waals surface area contributed by atoms with Crippen molar-refractivity contribution in [3.63, 3.8) is 0 Å². The lowest BCUT2D eigenvalue weighted by atomic mass is 10.00. The SMILES string of the molecule is COc1ccc2c(c1)sc1c2ccc2c3ccccc3ccc21. The van der Waals surface area contributed by atoms with Crippen molar-refractivity contribution < 1.29 is 4.74 Å². The normalized spacial score (nSPS) is 11.7. The van der Waals surface area contributed by atoms with E-state index in [4.69, 9.17) is 4.74 Å². The summed E-state index contributed by atoms with van der Waals surface area (Å²) in [5.74, 6) is 0.916. The fraction of sp³-hybridized carbons (Fsp3) is 0.0476. The summed E-state index contributed by atoms with van der Waals surface area (Å²) in [4.78, 5) is 0. The molecule has 2 heteroatoms. The van der Waals surface area contributed by atoms with Crippen LogP contribution < -0.4 is 4.74 Å². The summed E-state index contributed by atoms with van der Waals surface area (Å²) in [7, 11) is 1.72. The first-order valence-electron chi connectivity index (χ1n) is 7.66. The quantitative estimate of drug-likeness (QED) is 0.327. The summed E-state index contributed by atoms with van der Waals surface area (Å²) in [5.41, 5.74) is 0. The molecule has 0 aliphatic heterocycles. The standard InChI is InChI=1S/C21H14OS/c1-22-14-7-9-17-19-11-10-16-15-5-3-2-4-13(15)6-8-18(16)21(19)23-20(17)12-14/h2-12H,1H3. The number of rotatable bonds is 1. The van der Waals surface area contributed by atoms with Gasteiger partial charge in [0, 0.05) is 25.6 Å². The second-order valence-electron chi connectivity index (χ2n) is 5.79. The molecule has 1 heterocycles. The van der Waals surface area contributed by atoms with E-state index < -0.39 is 0 Å². The van der Waals surface area contributed by atoms with Crippen LogP contribution in [0.1, 0.15) is 0 Å².